The Labute approximate surface area is 210 Å². The van der Waals surface area contributed by atoms with E-state index in [1.54, 1.807) is 19.2 Å². The second kappa shape index (κ2) is 10.8. The molecule has 9 heteroatoms. The van der Waals surface area contributed by atoms with Crippen molar-refractivity contribution in [2.75, 3.05) is 64.5 Å². The van der Waals surface area contributed by atoms with Crippen LogP contribution in [-0.2, 0) is 27.3 Å². The minimum absolute atomic E-state index is 0.0304. The van der Waals surface area contributed by atoms with Gasteiger partial charge in [-0.15, -0.1) is 0 Å². The molecule has 0 saturated carbocycles. The Hall–Kier alpha value is -3.17. The predicted octanol–water partition coefficient (Wildman–Crippen LogP) is 1.67. The van der Waals surface area contributed by atoms with Crippen LogP contribution in [0.1, 0.15) is 11.1 Å². The van der Waals surface area contributed by atoms with E-state index in [4.69, 9.17) is 9.47 Å². The second-order valence-corrected chi connectivity index (χ2v) is 9.64. The minimum atomic E-state index is -0.297. The molecule has 0 unspecified atom stereocenters. The molecule has 8 nitrogen and oxygen atoms in total. The molecule has 2 atom stereocenters. The predicted molar refractivity (Wildman–Crippen MR) is 133 cm³/mol. The van der Waals surface area contributed by atoms with Crippen molar-refractivity contribution in [1.82, 2.24) is 15.1 Å². The number of carbonyl (C=O) groups excluding carboxylic acids is 2. The number of piperazine rings is 1. The summed E-state index contributed by atoms with van der Waals surface area (Å²) in [7, 11) is 1.66. The van der Waals surface area contributed by atoms with Crippen LogP contribution in [0.4, 0.5) is 10.1 Å². The topological polar surface area (TPSA) is 74.3 Å². The molecule has 2 aromatic rings. The van der Waals surface area contributed by atoms with Crippen LogP contribution in [0.5, 0.6) is 5.75 Å². The van der Waals surface area contributed by atoms with Gasteiger partial charge in [0.2, 0.25) is 11.8 Å². The molecule has 2 amide bonds. The molecular formula is C27H33FN4O4. The van der Waals surface area contributed by atoms with Gasteiger partial charge >= 0.3 is 0 Å². The van der Waals surface area contributed by atoms with Crippen molar-refractivity contribution in [2.24, 2.45) is 5.92 Å². The van der Waals surface area contributed by atoms with Crippen molar-refractivity contribution < 1.29 is 23.5 Å². The highest BCUT2D eigenvalue weighted by molar-refractivity contribution is 5.82. The third-order valence-corrected chi connectivity index (χ3v) is 7.45. The molecule has 0 bridgehead atoms. The molecule has 192 valence electrons. The number of carbonyl (C=O) groups is 2. The van der Waals surface area contributed by atoms with Crippen molar-refractivity contribution in [2.45, 2.75) is 19.0 Å². The van der Waals surface area contributed by atoms with Crippen molar-refractivity contribution in [3.8, 4) is 5.75 Å². The summed E-state index contributed by atoms with van der Waals surface area (Å²) in [6, 6.07) is 12.1. The maximum atomic E-state index is 13.5. The highest BCUT2D eigenvalue weighted by atomic mass is 19.1. The van der Waals surface area contributed by atoms with Gasteiger partial charge < -0.3 is 24.6 Å². The first-order valence-electron chi connectivity index (χ1n) is 12.6. The third kappa shape index (κ3) is 5.32. The van der Waals surface area contributed by atoms with E-state index in [9.17, 15) is 14.0 Å². The summed E-state index contributed by atoms with van der Waals surface area (Å²) in [5, 5.41) is 3.06. The Kier molecular flexibility index (Phi) is 7.38. The highest BCUT2D eigenvalue weighted by Crippen LogP contribution is 2.38. The van der Waals surface area contributed by atoms with Gasteiger partial charge in [-0.3, -0.25) is 14.5 Å². The molecule has 3 heterocycles. The van der Waals surface area contributed by atoms with Gasteiger partial charge in [0.25, 0.3) is 0 Å². The molecule has 2 aromatic carbocycles. The maximum absolute atomic E-state index is 13.5. The zero-order chi connectivity index (χ0) is 25.1. The summed E-state index contributed by atoms with van der Waals surface area (Å²) < 4.78 is 24.1. The molecule has 2 saturated heterocycles. The lowest BCUT2D eigenvalue weighted by atomic mass is 9.83. The number of methoxy groups -OCH3 is 1. The van der Waals surface area contributed by atoms with E-state index >= 15 is 0 Å². The first-order valence-corrected chi connectivity index (χ1v) is 12.6. The lowest BCUT2D eigenvalue weighted by molar-refractivity contribution is -0.136. The molecule has 3 aliphatic rings. The monoisotopic (exact) mass is 496 g/mol. The summed E-state index contributed by atoms with van der Waals surface area (Å²) in [5.41, 5.74) is 3.07. The summed E-state index contributed by atoms with van der Waals surface area (Å²) in [6.07, 6.45) is 0.612. The minimum Gasteiger partial charge on any atom is -0.497 e. The van der Waals surface area contributed by atoms with Gasteiger partial charge in [0.1, 0.15) is 11.6 Å². The largest absolute Gasteiger partial charge is 0.497 e. The van der Waals surface area contributed by atoms with Crippen LogP contribution >= 0.6 is 0 Å². The number of fused-ring (bicyclic) bond motifs is 3. The molecule has 0 aromatic heterocycles. The highest BCUT2D eigenvalue weighted by Gasteiger charge is 2.42. The van der Waals surface area contributed by atoms with Crippen LogP contribution in [0.3, 0.4) is 0 Å². The quantitative estimate of drug-likeness (QED) is 0.656. The van der Waals surface area contributed by atoms with E-state index in [0.29, 0.717) is 52.4 Å². The Morgan fingerprint density at radius 1 is 1.08 bits per heavy atom. The lowest BCUT2D eigenvalue weighted by Gasteiger charge is -2.49. The average molecular weight is 497 g/mol. The number of ether oxygens (including phenoxy) is 2. The van der Waals surface area contributed by atoms with Crippen LogP contribution in [0.2, 0.25) is 0 Å². The van der Waals surface area contributed by atoms with Gasteiger partial charge in [0.05, 0.1) is 38.8 Å². The number of morpholine rings is 1. The molecule has 0 aliphatic carbocycles. The average Bonchev–Trinajstić information content (AvgIpc) is 2.92. The number of rotatable bonds is 6. The SMILES string of the molecule is COc1ccc2c(c1)N1CCN(CC(=O)N3CCOCC3)C[C@H]1[C@H](C(=O)NCc1ccc(F)cc1)C2. The van der Waals surface area contributed by atoms with Crippen LogP contribution in [0, 0.1) is 11.7 Å². The van der Waals surface area contributed by atoms with Gasteiger partial charge in [-0.05, 0) is 35.7 Å². The van der Waals surface area contributed by atoms with Crippen LogP contribution in [0.25, 0.3) is 0 Å². The van der Waals surface area contributed by atoms with Gasteiger partial charge in [-0.25, -0.2) is 4.39 Å². The molecule has 36 heavy (non-hydrogen) atoms. The molecule has 5 rings (SSSR count). The van der Waals surface area contributed by atoms with Crippen LogP contribution < -0.4 is 15.0 Å². The van der Waals surface area contributed by atoms with Crippen molar-refractivity contribution in [1.29, 1.82) is 0 Å². The Bertz CT molecular complexity index is 1090. The normalized spacial score (nSPS) is 21.9. The number of hydrogen-bond acceptors (Lipinski definition) is 6. The number of nitrogens with zero attached hydrogens (tertiary/aromatic N) is 3. The lowest BCUT2D eigenvalue weighted by Crippen LogP contribution is -2.62. The Morgan fingerprint density at radius 3 is 2.61 bits per heavy atom. The van der Waals surface area contributed by atoms with Gasteiger partial charge in [0.15, 0.2) is 0 Å². The van der Waals surface area contributed by atoms with Gasteiger partial charge in [-0.2, -0.15) is 0 Å². The molecular weight excluding hydrogens is 463 g/mol. The molecule has 1 N–H and O–H groups in total. The van der Waals surface area contributed by atoms with E-state index in [0.717, 1.165) is 35.7 Å². The zero-order valence-corrected chi connectivity index (χ0v) is 20.6. The van der Waals surface area contributed by atoms with E-state index < -0.39 is 0 Å². The van der Waals surface area contributed by atoms with Gasteiger partial charge in [-0.1, -0.05) is 18.2 Å². The summed E-state index contributed by atoms with van der Waals surface area (Å²) in [5.74, 6) is 0.303. The zero-order valence-electron chi connectivity index (χ0n) is 20.6. The van der Waals surface area contributed by atoms with Crippen LogP contribution in [0.15, 0.2) is 42.5 Å². The smallest absolute Gasteiger partial charge is 0.236 e. The number of halogens is 1. The number of anilines is 1. The molecule has 2 fully saturated rings. The standard InChI is InChI=1S/C27H33FN4O4/c1-35-22-7-4-20-14-23(27(34)29-16-19-2-5-21(28)6-3-19)25-17-30(8-9-32(25)24(20)15-22)18-26(33)31-10-12-36-13-11-31/h2-7,15,23,25H,8-14,16-18H2,1H3,(H,29,34)/t23-,25+/m1/s1. The number of nitrogens with one attached hydrogen (secondary N) is 1. The van der Waals surface area contributed by atoms with Gasteiger partial charge in [0, 0.05) is 51.0 Å². The van der Waals surface area contributed by atoms with Crippen LogP contribution in [-0.4, -0.2) is 87.2 Å². The fourth-order valence-electron chi connectivity index (χ4n) is 5.43. The summed E-state index contributed by atoms with van der Waals surface area (Å²) in [4.78, 5) is 32.7. The van der Waals surface area contributed by atoms with Crippen molar-refractivity contribution in [3.05, 3.63) is 59.4 Å². The molecule has 3 aliphatic heterocycles. The maximum Gasteiger partial charge on any atom is 0.236 e. The Balaban J connectivity index is 1.32. The fraction of sp³-hybridized carbons (Fsp3) is 0.481. The molecule has 0 spiro atoms. The number of benzene rings is 2. The van der Waals surface area contributed by atoms with E-state index in [1.165, 1.54) is 12.1 Å². The number of hydrogen-bond donors (Lipinski definition) is 1. The van der Waals surface area contributed by atoms with Crippen molar-refractivity contribution in [3.63, 3.8) is 0 Å². The summed E-state index contributed by atoms with van der Waals surface area (Å²) in [6.45, 7) is 5.20. The van der Waals surface area contributed by atoms with E-state index in [-0.39, 0.29) is 29.6 Å². The van der Waals surface area contributed by atoms with Crippen molar-refractivity contribution >= 4 is 17.5 Å². The summed E-state index contributed by atoms with van der Waals surface area (Å²) >= 11 is 0. The number of amides is 2. The van der Waals surface area contributed by atoms with E-state index in [2.05, 4.69) is 15.1 Å². The third-order valence-electron chi connectivity index (χ3n) is 7.45. The first-order chi connectivity index (χ1) is 17.5. The van der Waals surface area contributed by atoms with E-state index in [1.807, 2.05) is 23.1 Å². The molecule has 0 radical (unpaired) electrons. The second-order valence-electron chi connectivity index (χ2n) is 9.64. The Morgan fingerprint density at radius 2 is 1.86 bits per heavy atom. The first kappa shape index (κ1) is 24.5. The fourth-order valence-corrected chi connectivity index (χ4v) is 5.43.